The molecule has 0 radical (unpaired) electrons. The number of para-hydroxylation sites is 1. The topological polar surface area (TPSA) is 44.1 Å². The van der Waals surface area contributed by atoms with E-state index in [0.29, 0.717) is 12.0 Å². The zero-order valence-corrected chi connectivity index (χ0v) is 11.0. The summed E-state index contributed by atoms with van der Waals surface area (Å²) >= 11 is 0. The maximum absolute atomic E-state index is 12.7. The molecular formula is C17H14N2O. The van der Waals surface area contributed by atoms with Gasteiger partial charge in [0.1, 0.15) is 6.04 Å². The third-order valence-corrected chi connectivity index (χ3v) is 3.64. The number of rotatable bonds is 1. The first kappa shape index (κ1) is 12.4. The number of amides is 1. The molecule has 3 heteroatoms. The van der Waals surface area contributed by atoms with Gasteiger partial charge >= 0.3 is 0 Å². The van der Waals surface area contributed by atoms with Crippen LogP contribution in [0.15, 0.2) is 54.6 Å². The van der Waals surface area contributed by atoms with Crippen LogP contribution >= 0.6 is 0 Å². The van der Waals surface area contributed by atoms with Crippen LogP contribution in [0.2, 0.25) is 0 Å². The second kappa shape index (κ2) is 5.18. The largest absolute Gasteiger partial charge is 0.292 e. The van der Waals surface area contributed by atoms with E-state index in [-0.39, 0.29) is 5.91 Å². The highest BCUT2D eigenvalue weighted by Crippen LogP contribution is 2.31. The number of carbonyl (C=O) groups excluding carboxylic acids is 1. The van der Waals surface area contributed by atoms with E-state index in [4.69, 9.17) is 0 Å². The molecule has 3 nitrogen and oxygen atoms in total. The van der Waals surface area contributed by atoms with Crippen molar-refractivity contribution in [1.29, 1.82) is 5.26 Å². The van der Waals surface area contributed by atoms with Crippen molar-refractivity contribution in [2.45, 2.75) is 18.9 Å². The van der Waals surface area contributed by atoms with Crippen LogP contribution in [-0.2, 0) is 6.42 Å². The summed E-state index contributed by atoms with van der Waals surface area (Å²) in [5, 5.41) is 9.34. The molecule has 20 heavy (non-hydrogen) atoms. The van der Waals surface area contributed by atoms with Gasteiger partial charge in [-0.2, -0.15) is 5.26 Å². The summed E-state index contributed by atoms with van der Waals surface area (Å²) in [5.41, 5.74) is 2.60. The molecule has 98 valence electrons. The molecule has 0 saturated carbocycles. The second-order valence-electron chi connectivity index (χ2n) is 4.85. The lowest BCUT2D eigenvalue weighted by Gasteiger charge is -2.33. The second-order valence-corrected chi connectivity index (χ2v) is 4.85. The molecule has 1 aliphatic heterocycles. The van der Waals surface area contributed by atoms with Crippen molar-refractivity contribution in [1.82, 2.24) is 0 Å². The molecule has 2 aromatic carbocycles. The number of fused-ring (bicyclic) bond motifs is 1. The van der Waals surface area contributed by atoms with Crippen LogP contribution in [0, 0.1) is 11.3 Å². The number of nitrogens with zero attached hydrogens (tertiary/aromatic N) is 2. The smallest absolute Gasteiger partial charge is 0.259 e. The van der Waals surface area contributed by atoms with Crippen molar-refractivity contribution in [2.75, 3.05) is 4.90 Å². The first-order valence-corrected chi connectivity index (χ1v) is 6.67. The number of hydrogen-bond acceptors (Lipinski definition) is 2. The lowest BCUT2D eigenvalue weighted by molar-refractivity contribution is 0.0979. The first-order valence-electron chi connectivity index (χ1n) is 6.67. The van der Waals surface area contributed by atoms with E-state index in [0.717, 1.165) is 17.7 Å². The molecule has 3 rings (SSSR count). The predicted molar refractivity (Wildman–Crippen MR) is 77.4 cm³/mol. The molecule has 0 aliphatic carbocycles. The molecule has 1 heterocycles. The fourth-order valence-electron chi connectivity index (χ4n) is 2.64. The normalized spacial score (nSPS) is 17.1. The van der Waals surface area contributed by atoms with E-state index >= 15 is 0 Å². The number of hydrogen-bond donors (Lipinski definition) is 0. The van der Waals surface area contributed by atoms with E-state index in [9.17, 15) is 10.1 Å². The van der Waals surface area contributed by atoms with Gasteiger partial charge in [0.25, 0.3) is 5.91 Å². The maximum Gasteiger partial charge on any atom is 0.259 e. The monoisotopic (exact) mass is 262 g/mol. The Morgan fingerprint density at radius 1 is 1.10 bits per heavy atom. The molecule has 2 aromatic rings. The van der Waals surface area contributed by atoms with Gasteiger partial charge < -0.3 is 0 Å². The fraction of sp³-hybridized carbons (Fsp3) is 0.176. The van der Waals surface area contributed by atoms with E-state index in [1.54, 1.807) is 17.0 Å². The third kappa shape index (κ3) is 2.06. The first-order chi connectivity index (χ1) is 9.81. The molecule has 1 atom stereocenters. The molecule has 1 aliphatic rings. The van der Waals surface area contributed by atoms with Crippen molar-refractivity contribution in [3.8, 4) is 6.07 Å². The summed E-state index contributed by atoms with van der Waals surface area (Å²) in [7, 11) is 0. The van der Waals surface area contributed by atoms with Gasteiger partial charge in [-0.15, -0.1) is 0 Å². The van der Waals surface area contributed by atoms with Gasteiger partial charge in [0, 0.05) is 11.3 Å². The molecule has 0 unspecified atom stereocenters. The molecule has 0 N–H and O–H groups in total. The predicted octanol–water partition coefficient (Wildman–Crippen LogP) is 3.17. The van der Waals surface area contributed by atoms with E-state index < -0.39 is 6.04 Å². The minimum atomic E-state index is -0.391. The lowest BCUT2D eigenvalue weighted by Crippen LogP contribution is -2.43. The molecule has 0 fully saturated rings. The Morgan fingerprint density at radius 2 is 1.80 bits per heavy atom. The fourth-order valence-corrected chi connectivity index (χ4v) is 2.64. The molecule has 1 amide bonds. The van der Waals surface area contributed by atoms with Crippen LogP contribution < -0.4 is 4.90 Å². The highest BCUT2D eigenvalue weighted by Gasteiger charge is 2.31. The molecular weight excluding hydrogens is 248 g/mol. The Hall–Kier alpha value is -2.60. The Balaban J connectivity index is 2.06. The minimum absolute atomic E-state index is 0.107. The highest BCUT2D eigenvalue weighted by atomic mass is 16.2. The van der Waals surface area contributed by atoms with E-state index in [2.05, 4.69) is 6.07 Å². The van der Waals surface area contributed by atoms with Crippen LogP contribution in [-0.4, -0.2) is 11.9 Å². The number of anilines is 1. The van der Waals surface area contributed by atoms with Crippen molar-refractivity contribution in [3.63, 3.8) is 0 Å². The zero-order valence-electron chi connectivity index (χ0n) is 11.0. The van der Waals surface area contributed by atoms with Crippen LogP contribution in [0.3, 0.4) is 0 Å². The number of carbonyl (C=O) groups is 1. The van der Waals surface area contributed by atoms with Crippen LogP contribution in [0.4, 0.5) is 5.69 Å². The minimum Gasteiger partial charge on any atom is -0.292 e. The SMILES string of the molecule is N#C[C@H]1CCc2ccccc2N1C(=O)c1ccccc1. The van der Waals surface area contributed by atoms with Crippen LogP contribution in [0.1, 0.15) is 22.3 Å². The number of nitriles is 1. The molecule has 0 spiro atoms. The van der Waals surface area contributed by atoms with Gasteiger partial charge in [0.15, 0.2) is 0 Å². The lowest BCUT2D eigenvalue weighted by atomic mass is 9.95. The standard InChI is InChI=1S/C17H14N2O/c18-12-15-11-10-13-6-4-5-9-16(13)19(15)17(20)14-7-2-1-3-8-14/h1-9,15H,10-11H2/t15-/m1/s1. The van der Waals surface area contributed by atoms with Crippen LogP contribution in [0.25, 0.3) is 0 Å². The Bertz CT molecular complexity index is 673. The maximum atomic E-state index is 12.7. The number of aryl methyl sites for hydroxylation is 1. The van der Waals surface area contributed by atoms with E-state index in [1.165, 1.54) is 0 Å². The molecule has 0 saturated heterocycles. The van der Waals surface area contributed by atoms with Gasteiger partial charge in [0.05, 0.1) is 6.07 Å². The van der Waals surface area contributed by atoms with E-state index in [1.807, 2.05) is 42.5 Å². The summed E-state index contributed by atoms with van der Waals surface area (Å²) in [6, 6.07) is 18.8. The Morgan fingerprint density at radius 3 is 2.55 bits per heavy atom. The average Bonchev–Trinajstić information content (AvgIpc) is 2.54. The van der Waals surface area contributed by atoms with Gasteiger partial charge in [-0.25, -0.2) is 0 Å². The van der Waals surface area contributed by atoms with Crippen molar-refractivity contribution in [3.05, 3.63) is 65.7 Å². The molecule has 0 bridgehead atoms. The number of benzene rings is 2. The van der Waals surface area contributed by atoms with Gasteiger partial charge in [-0.1, -0.05) is 36.4 Å². The summed E-state index contributed by atoms with van der Waals surface area (Å²) in [6.07, 6.45) is 1.53. The van der Waals surface area contributed by atoms with Crippen molar-refractivity contribution >= 4 is 11.6 Å². The summed E-state index contributed by atoms with van der Waals surface area (Å²) in [5.74, 6) is -0.107. The molecule has 0 aromatic heterocycles. The average molecular weight is 262 g/mol. The zero-order chi connectivity index (χ0) is 13.9. The van der Waals surface area contributed by atoms with Gasteiger partial charge in [0.2, 0.25) is 0 Å². The Labute approximate surface area is 118 Å². The third-order valence-electron chi connectivity index (χ3n) is 3.64. The van der Waals surface area contributed by atoms with Crippen LogP contribution in [0.5, 0.6) is 0 Å². The summed E-state index contributed by atoms with van der Waals surface area (Å²) in [4.78, 5) is 14.3. The summed E-state index contributed by atoms with van der Waals surface area (Å²) in [6.45, 7) is 0. The van der Waals surface area contributed by atoms with Crippen molar-refractivity contribution in [2.24, 2.45) is 0 Å². The van der Waals surface area contributed by atoms with Gasteiger partial charge in [-0.05, 0) is 36.6 Å². The summed E-state index contributed by atoms with van der Waals surface area (Å²) < 4.78 is 0. The van der Waals surface area contributed by atoms with Crippen molar-refractivity contribution < 1.29 is 4.79 Å². The highest BCUT2D eigenvalue weighted by molar-refractivity contribution is 6.07. The Kier molecular flexibility index (Phi) is 3.22. The quantitative estimate of drug-likeness (QED) is 0.792. The van der Waals surface area contributed by atoms with Gasteiger partial charge in [-0.3, -0.25) is 9.69 Å².